The van der Waals surface area contributed by atoms with E-state index in [-0.39, 0.29) is 0 Å². The average molecular weight is 542 g/mol. The van der Waals surface area contributed by atoms with Crippen LogP contribution < -0.4 is 0 Å². The lowest BCUT2D eigenvalue weighted by atomic mass is 10.2. The van der Waals surface area contributed by atoms with E-state index < -0.39 is 0 Å². The summed E-state index contributed by atoms with van der Waals surface area (Å²) in [5.41, 5.74) is 2.75. The fraction of sp³-hybridized carbons (Fsp3) is 0.129. The van der Waals surface area contributed by atoms with Crippen molar-refractivity contribution < 1.29 is 0 Å². The van der Waals surface area contributed by atoms with Gasteiger partial charge in [0.15, 0.2) is 0 Å². The Hall–Kier alpha value is -3.06. The van der Waals surface area contributed by atoms with Crippen LogP contribution >= 0.6 is 33.3 Å². The normalized spacial score (nSPS) is 10.8. The number of rotatable bonds is 7. The zero-order valence-corrected chi connectivity index (χ0v) is 23.5. The van der Waals surface area contributed by atoms with Crippen LogP contribution in [0.5, 0.6) is 0 Å². The van der Waals surface area contributed by atoms with E-state index in [0.717, 1.165) is 21.5 Å². The van der Waals surface area contributed by atoms with Gasteiger partial charge in [-0.3, -0.25) is 0 Å². The first kappa shape index (κ1) is 28.5. The smallest absolute Gasteiger partial charge is 0.107 e. The Kier molecular flexibility index (Phi) is 13.4. The molecule has 3 aromatic heterocycles. The molecule has 37 heavy (non-hydrogen) atoms. The van der Waals surface area contributed by atoms with Crippen molar-refractivity contribution in [1.29, 1.82) is 0 Å². The molecule has 3 heterocycles. The molecule has 0 amide bonds. The van der Waals surface area contributed by atoms with Crippen LogP contribution in [-0.2, 0) is 6.42 Å². The summed E-state index contributed by atoms with van der Waals surface area (Å²) in [6.45, 7) is 4.37. The molecule has 0 aliphatic carbocycles. The number of aromatic nitrogens is 3. The third-order valence-electron chi connectivity index (χ3n) is 4.94. The summed E-state index contributed by atoms with van der Waals surface area (Å²) >= 11 is 1.79. The van der Waals surface area contributed by atoms with Gasteiger partial charge in [-0.1, -0.05) is 97.5 Å². The van der Waals surface area contributed by atoms with Gasteiger partial charge in [-0.2, -0.15) is 0 Å². The first-order chi connectivity index (χ1) is 18.2. The third-order valence-corrected chi connectivity index (χ3v) is 8.23. The maximum absolute atomic E-state index is 4.31. The highest BCUT2D eigenvalue weighted by molar-refractivity contribution is 8.76. The molecular weight excluding hydrogens is 511 g/mol. The number of benzene rings is 2. The molecule has 0 radical (unpaired) electrons. The van der Waals surface area contributed by atoms with Crippen LogP contribution in [0.4, 0.5) is 0 Å². The summed E-state index contributed by atoms with van der Waals surface area (Å²) in [6.07, 6.45) is 6.56. The lowest BCUT2D eigenvalue weighted by Crippen LogP contribution is -1.88. The molecule has 0 saturated carbocycles. The molecule has 0 bridgehead atoms. The average Bonchev–Trinajstić information content (AvgIpc) is 2.99. The van der Waals surface area contributed by atoms with Gasteiger partial charge >= 0.3 is 0 Å². The van der Waals surface area contributed by atoms with Crippen LogP contribution in [0.25, 0.3) is 0 Å². The topological polar surface area (TPSA) is 38.7 Å². The molecule has 5 aromatic rings. The summed E-state index contributed by atoms with van der Waals surface area (Å²) in [5, 5.41) is 3.53. The largest absolute Gasteiger partial charge is 0.250 e. The van der Waals surface area contributed by atoms with Crippen molar-refractivity contribution in [2.24, 2.45) is 0 Å². The Balaban J connectivity index is 0.000000161. The molecule has 188 valence electrons. The number of pyridine rings is 3. The molecular formula is C31H31N3S3. The second-order valence-electron chi connectivity index (χ2n) is 7.68. The molecule has 1 unspecified atom stereocenters. The van der Waals surface area contributed by atoms with Crippen LogP contribution in [0.3, 0.4) is 0 Å². The van der Waals surface area contributed by atoms with E-state index in [0.29, 0.717) is 5.25 Å². The van der Waals surface area contributed by atoms with Crippen molar-refractivity contribution in [3.63, 3.8) is 0 Å². The van der Waals surface area contributed by atoms with Crippen LogP contribution in [0.1, 0.15) is 30.2 Å². The zero-order chi connectivity index (χ0) is 26.0. The Morgan fingerprint density at radius 2 is 0.973 bits per heavy atom. The molecule has 0 saturated heterocycles. The number of thioether (sulfide) groups is 1. The minimum Gasteiger partial charge on any atom is -0.250 e. The fourth-order valence-corrected chi connectivity index (χ4v) is 5.67. The summed E-state index contributed by atoms with van der Waals surface area (Å²) in [6, 6.07) is 38.7. The molecule has 5 rings (SSSR count). The van der Waals surface area contributed by atoms with Crippen molar-refractivity contribution >= 4 is 33.3 Å². The van der Waals surface area contributed by atoms with Crippen molar-refractivity contribution in [3.05, 3.63) is 145 Å². The van der Waals surface area contributed by atoms with Gasteiger partial charge in [0.25, 0.3) is 0 Å². The molecule has 0 aliphatic rings. The highest BCUT2D eigenvalue weighted by Gasteiger charge is 2.06. The van der Waals surface area contributed by atoms with Gasteiger partial charge in [0.2, 0.25) is 0 Å². The summed E-state index contributed by atoms with van der Waals surface area (Å²) < 4.78 is 0. The van der Waals surface area contributed by atoms with E-state index in [1.54, 1.807) is 45.7 Å². The van der Waals surface area contributed by atoms with Crippen LogP contribution in [-0.4, -0.2) is 15.0 Å². The van der Waals surface area contributed by atoms with E-state index in [2.05, 4.69) is 77.3 Å². The Morgan fingerprint density at radius 1 is 0.541 bits per heavy atom. The minimum absolute atomic E-state index is 0.445. The highest BCUT2D eigenvalue weighted by Crippen LogP contribution is 2.34. The van der Waals surface area contributed by atoms with Crippen molar-refractivity contribution in [3.8, 4) is 0 Å². The van der Waals surface area contributed by atoms with E-state index >= 15 is 0 Å². The quantitative estimate of drug-likeness (QED) is 0.151. The predicted molar refractivity (Wildman–Crippen MR) is 161 cm³/mol. The Bertz CT molecular complexity index is 1190. The number of hydrogen-bond donors (Lipinski definition) is 0. The Labute approximate surface area is 233 Å². The molecule has 3 nitrogen and oxygen atoms in total. The van der Waals surface area contributed by atoms with Gasteiger partial charge in [0.05, 0.1) is 5.03 Å². The van der Waals surface area contributed by atoms with Gasteiger partial charge in [0.1, 0.15) is 10.1 Å². The minimum atomic E-state index is 0.445. The van der Waals surface area contributed by atoms with Gasteiger partial charge < -0.3 is 0 Å². The summed E-state index contributed by atoms with van der Waals surface area (Å²) in [7, 11) is 3.23. The number of aryl methyl sites for hydroxylation is 1. The lowest BCUT2D eigenvalue weighted by Gasteiger charge is -2.10. The maximum atomic E-state index is 4.31. The van der Waals surface area contributed by atoms with Gasteiger partial charge in [-0.15, -0.1) is 0 Å². The second-order valence-corrected chi connectivity index (χ2v) is 11.2. The molecule has 0 aliphatic heterocycles. The van der Waals surface area contributed by atoms with Crippen LogP contribution in [0.15, 0.2) is 149 Å². The van der Waals surface area contributed by atoms with Crippen molar-refractivity contribution in [2.45, 2.75) is 40.6 Å². The van der Waals surface area contributed by atoms with Gasteiger partial charge in [-0.05, 0) is 82.5 Å². The molecule has 0 spiro atoms. The standard InChI is InChI=1S/C13H13NS.C10H8N2S2.C8H10/c1-11(12-7-3-2-4-8-12)15-13-9-5-6-10-14-13;1-3-7-11-9(5-1)13-14-10-6-2-4-8-12-10;1-2-8-6-4-3-5-7-8/h2-11H,1H3;1-8H;3-7H,2H2,1H3. The lowest BCUT2D eigenvalue weighted by molar-refractivity contribution is 1.06. The molecule has 0 fully saturated rings. The first-order valence-electron chi connectivity index (χ1n) is 12.1. The number of hydrogen-bond acceptors (Lipinski definition) is 6. The first-order valence-corrected chi connectivity index (χ1v) is 15.1. The highest BCUT2D eigenvalue weighted by atomic mass is 33.1. The zero-order valence-electron chi connectivity index (χ0n) is 21.1. The van der Waals surface area contributed by atoms with E-state index in [1.165, 1.54) is 11.1 Å². The third kappa shape index (κ3) is 11.7. The van der Waals surface area contributed by atoms with E-state index in [9.17, 15) is 0 Å². The van der Waals surface area contributed by atoms with Crippen LogP contribution in [0.2, 0.25) is 0 Å². The summed E-state index contributed by atoms with van der Waals surface area (Å²) in [5.74, 6) is 0. The number of nitrogens with zero attached hydrogens (tertiary/aromatic N) is 3. The van der Waals surface area contributed by atoms with Gasteiger partial charge in [0, 0.05) is 23.8 Å². The monoisotopic (exact) mass is 541 g/mol. The van der Waals surface area contributed by atoms with E-state index in [4.69, 9.17) is 0 Å². The van der Waals surface area contributed by atoms with Crippen molar-refractivity contribution in [2.75, 3.05) is 0 Å². The van der Waals surface area contributed by atoms with E-state index in [1.807, 2.05) is 72.9 Å². The summed E-state index contributed by atoms with van der Waals surface area (Å²) in [4.78, 5) is 12.7. The SMILES string of the molecule is CC(Sc1ccccn1)c1ccccc1.CCc1ccccc1.c1ccc(SSc2ccccn2)nc1. The predicted octanol–water partition coefficient (Wildman–Crippen LogP) is 9.46. The van der Waals surface area contributed by atoms with Crippen molar-refractivity contribution in [1.82, 2.24) is 15.0 Å². The van der Waals surface area contributed by atoms with Crippen LogP contribution in [0, 0.1) is 0 Å². The molecule has 6 heteroatoms. The maximum Gasteiger partial charge on any atom is 0.107 e. The second kappa shape index (κ2) is 17.4. The fourth-order valence-electron chi connectivity index (χ4n) is 2.98. The molecule has 1 atom stereocenters. The Morgan fingerprint density at radius 3 is 1.38 bits per heavy atom. The van der Waals surface area contributed by atoms with Gasteiger partial charge in [-0.25, -0.2) is 15.0 Å². The molecule has 2 aromatic carbocycles. The molecule has 0 N–H and O–H groups in total.